The van der Waals surface area contributed by atoms with Gasteiger partial charge in [0.05, 0.1) is 7.11 Å². The SMILES string of the molecule is COC1=CC(=C(C)C)C2CC2C1=O. The molecule has 2 aliphatic rings. The Morgan fingerprint density at radius 2 is 2.15 bits per heavy atom. The molecule has 13 heavy (non-hydrogen) atoms. The number of ether oxygens (including phenoxy) is 1. The molecule has 0 amide bonds. The Balaban J connectivity index is 2.40. The van der Waals surface area contributed by atoms with E-state index in [0.29, 0.717) is 11.7 Å². The molecule has 2 rings (SSSR count). The van der Waals surface area contributed by atoms with E-state index in [2.05, 4.69) is 13.8 Å². The highest BCUT2D eigenvalue weighted by Gasteiger charge is 2.49. The number of ketones is 1. The number of fused-ring (bicyclic) bond motifs is 1. The van der Waals surface area contributed by atoms with Gasteiger partial charge in [-0.3, -0.25) is 4.79 Å². The van der Waals surface area contributed by atoms with Gasteiger partial charge in [0.25, 0.3) is 0 Å². The van der Waals surface area contributed by atoms with E-state index in [4.69, 9.17) is 4.74 Å². The number of methoxy groups -OCH3 is 1. The maximum absolute atomic E-state index is 11.6. The highest BCUT2D eigenvalue weighted by atomic mass is 16.5. The van der Waals surface area contributed by atoms with Crippen molar-refractivity contribution in [2.75, 3.05) is 7.11 Å². The number of hydrogen-bond acceptors (Lipinski definition) is 2. The van der Waals surface area contributed by atoms with E-state index in [1.807, 2.05) is 6.08 Å². The molecule has 1 fully saturated rings. The minimum atomic E-state index is 0.192. The molecule has 0 aliphatic heterocycles. The summed E-state index contributed by atoms with van der Waals surface area (Å²) in [5, 5.41) is 0. The first-order chi connectivity index (χ1) is 6.15. The van der Waals surface area contributed by atoms with Crippen molar-refractivity contribution >= 4 is 5.78 Å². The molecule has 2 nitrogen and oxygen atoms in total. The molecular weight excluding hydrogens is 164 g/mol. The first kappa shape index (κ1) is 8.54. The average Bonchev–Trinajstić information content (AvgIpc) is 2.84. The molecule has 0 aromatic carbocycles. The third-order valence-corrected chi connectivity index (χ3v) is 2.85. The topological polar surface area (TPSA) is 26.3 Å². The molecule has 0 saturated heterocycles. The molecule has 0 heterocycles. The first-order valence-electron chi connectivity index (χ1n) is 4.62. The van der Waals surface area contributed by atoms with E-state index in [9.17, 15) is 4.79 Å². The first-order valence-corrected chi connectivity index (χ1v) is 4.62. The predicted molar refractivity (Wildman–Crippen MR) is 50.1 cm³/mol. The van der Waals surface area contributed by atoms with Crippen LogP contribution >= 0.6 is 0 Å². The second-order valence-electron chi connectivity index (χ2n) is 3.98. The average molecular weight is 178 g/mol. The maximum atomic E-state index is 11.6. The van der Waals surface area contributed by atoms with Crippen molar-refractivity contribution in [3.63, 3.8) is 0 Å². The normalized spacial score (nSPS) is 30.8. The fourth-order valence-corrected chi connectivity index (χ4v) is 2.01. The molecule has 2 heteroatoms. The molecule has 0 aromatic heterocycles. The zero-order chi connectivity index (χ0) is 9.59. The van der Waals surface area contributed by atoms with Crippen LogP contribution in [0.25, 0.3) is 0 Å². The van der Waals surface area contributed by atoms with Crippen LogP contribution in [-0.2, 0) is 9.53 Å². The Labute approximate surface area is 78.3 Å². The quantitative estimate of drug-likeness (QED) is 0.614. The number of Topliss-reactive ketones (excluding diaryl/α,β-unsaturated/α-hetero) is 1. The molecule has 2 unspecified atom stereocenters. The van der Waals surface area contributed by atoms with Crippen molar-refractivity contribution in [3.05, 3.63) is 23.0 Å². The van der Waals surface area contributed by atoms with Crippen molar-refractivity contribution < 1.29 is 9.53 Å². The Morgan fingerprint density at radius 3 is 2.69 bits per heavy atom. The number of carbonyl (C=O) groups is 1. The minimum absolute atomic E-state index is 0.192. The van der Waals surface area contributed by atoms with Crippen LogP contribution in [0.1, 0.15) is 20.3 Å². The molecule has 2 atom stereocenters. The lowest BCUT2D eigenvalue weighted by Crippen LogP contribution is -2.14. The third kappa shape index (κ3) is 1.21. The summed E-state index contributed by atoms with van der Waals surface area (Å²) in [6.45, 7) is 4.18. The summed E-state index contributed by atoms with van der Waals surface area (Å²) in [6.07, 6.45) is 2.93. The fraction of sp³-hybridized carbons (Fsp3) is 0.545. The second-order valence-corrected chi connectivity index (χ2v) is 3.98. The van der Waals surface area contributed by atoms with Gasteiger partial charge in [-0.15, -0.1) is 0 Å². The van der Waals surface area contributed by atoms with Crippen molar-refractivity contribution in [1.29, 1.82) is 0 Å². The summed E-state index contributed by atoms with van der Waals surface area (Å²) in [6, 6.07) is 0. The Morgan fingerprint density at radius 1 is 1.46 bits per heavy atom. The number of rotatable bonds is 1. The lowest BCUT2D eigenvalue weighted by atomic mass is 9.96. The smallest absolute Gasteiger partial charge is 0.201 e. The molecule has 2 aliphatic carbocycles. The van der Waals surface area contributed by atoms with Gasteiger partial charge < -0.3 is 4.74 Å². The molecule has 1 saturated carbocycles. The van der Waals surface area contributed by atoms with Crippen molar-refractivity contribution in [1.82, 2.24) is 0 Å². The van der Waals surface area contributed by atoms with Crippen LogP contribution in [0.5, 0.6) is 0 Å². The summed E-state index contributed by atoms with van der Waals surface area (Å²) in [4.78, 5) is 11.6. The van der Waals surface area contributed by atoms with Gasteiger partial charge in [-0.05, 0) is 37.8 Å². The highest BCUT2D eigenvalue weighted by Crippen LogP contribution is 2.50. The third-order valence-electron chi connectivity index (χ3n) is 2.85. The van der Waals surface area contributed by atoms with Gasteiger partial charge in [0.15, 0.2) is 5.76 Å². The molecule has 0 N–H and O–H groups in total. The fourth-order valence-electron chi connectivity index (χ4n) is 2.01. The second kappa shape index (κ2) is 2.72. The monoisotopic (exact) mass is 178 g/mol. The van der Waals surface area contributed by atoms with Crippen LogP contribution in [0.15, 0.2) is 23.0 Å². The molecule has 0 bridgehead atoms. The van der Waals surface area contributed by atoms with Crippen LogP contribution in [0.4, 0.5) is 0 Å². The van der Waals surface area contributed by atoms with Gasteiger partial charge in [0.2, 0.25) is 5.78 Å². The zero-order valence-electron chi connectivity index (χ0n) is 8.26. The Bertz CT molecular complexity index is 319. The van der Waals surface area contributed by atoms with Crippen molar-refractivity contribution in [2.45, 2.75) is 20.3 Å². The molecule has 0 aromatic rings. The number of allylic oxidation sites excluding steroid dienone is 4. The molecule has 0 spiro atoms. The summed E-state index contributed by atoms with van der Waals surface area (Å²) in [7, 11) is 1.56. The van der Waals surface area contributed by atoms with Gasteiger partial charge in [-0.25, -0.2) is 0 Å². The van der Waals surface area contributed by atoms with E-state index >= 15 is 0 Å². The van der Waals surface area contributed by atoms with E-state index in [-0.39, 0.29) is 11.7 Å². The summed E-state index contributed by atoms with van der Waals surface area (Å²) in [5.41, 5.74) is 2.61. The zero-order valence-corrected chi connectivity index (χ0v) is 8.26. The predicted octanol–water partition coefficient (Wildman–Crippen LogP) is 2.07. The highest BCUT2D eigenvalue weighted by molar-refractivity contribution is 6.00. The largest absolute Gasteiger partial charge is 0.493 e. The van der Waals surface area contributed by atoms with Crippen molar-refractivity contribution in [2.24, 2.45) is 11.8 Å². The van der Waals surface area contributed by atoms with E-state index in [0.717, 1.165) is 6.42 Å². The number of hydrogen-bond donors (Lipinski definition) is 0. The lowest BCUT2D eigenvalue weighted by molar-refractivity contribution is -0.120. The number of carbonyl (C=O) groups excluding carboxylic acids is 1. The van der Waals surface area contributed by atoms with Gasteiger partial charge >= 0.3 is 0 Å². The summed E-state index contributed by atoms with van der Waals surface area (Å²) in [5.74, 6) is 1.45. The van der Waals surface area contributed by atoms with Gasteiger partial charge in [0.1, 0.15) is 0 Å². The van der Waals surface area contributed by atoms with E-state index in [1.54, 1.807) is 7.11 Å². The van der Waals surface area contributed by atoms with E-state index in [1.165, 1.54) is 11.1 Å². The van der Waals surface area contributed by atoms with Crippen LogP contribution in [0.3, 0.4) is 0 Å². The summed E-state index contributed by atoms with van der Waals surface area (Å²) < 4.78 is 5.06. The van der Waals surface area contributed by atoms with Crippen LogP contribution < -0.4 is 0 Å². The molecule has 0 radical (unpaired) electrons. The van der Waals surface area contributed by atoms with Gasteiger partial charge in [-0.1, -0.05) is 5.57 Å². The minimum Gasteiger partial charge on any atom is -0.493 e. The van der Waals surface area contributed by atoms with Gasteiger partial charge in [0, 0.05) is 5.92 Å². The standard InChI is InChI=1S/C11H14O2/c1-6(2)7-5-10(13-3)11(12)9-4-8(7)9/h5,8-9H,4H2,1-3H3. The van der Waals surface area contributed by atoms with Crippen LogP contribution in [0, 0.1) is 11.8 Å². The maximum Gasteiger partial charge on any atom is 0.201 e. The van der Waals surface area contributed by atoms with Crippen molar-refractivity contribution in [3.8, 4) is 0 Å². The summed E-state index contributed by atoms with van der Waals surface area (Å²) >= 11 is 0. The lowest BCUT2D eigenvalue weighted by Gasteiger charge is -2.13. The van der Waals surface area contributed by atoms with Gasteiger partial charge in [-0.2, -0.15) is 0 Å². The molecular formula is C11H14O2. The van der Waals surface area contributed by atoms with Crippen LogP contribution in [0.2, 0.25) is 0 Å². The Kier molecular flexibility index (Phi) is 1.79. The molecule has 70 valence electrons. The van der Waals surface area contributed by atoms with E-state index < -0.39 is 0 Å². The Hall–Kier alpha value is -1.05. The van der Waals surface area contributed by atoms with Crippen LogP contribution in [-0.4, -0.2) is 12.9 Å².